The second-order valence-corrected chi connectivity index (χ2v) is 4.97. The van der Waals surface area contributed by atoms with Gasteiger partial charge in [-0.25, -0.2) is 4.79 Å². The third-order valence-electron chi connectivity index (χ3n) is 3.43. The molecule has 24 heavy (non-hydrogen) atoms. The van der Waals surface area contributed by atoms with Crippen molar-refractivity contribution in [2.75, 3.05) is 7.11 Å². The molecule has 1 aromatic heterocycles. The smallest absolute Gasteiger partial charge is 0.338 e. The number of carbonyl (C=O) groups excluding carboxylic acids is 1. The van der Waals surface area contributed by atoms with E-state index in [1.165, 1.54) is 19.2 Å². The van der Waals surface area contributed by atoms with Gasteiger partial charge in [-0.1, -0.05) is 18.2 Å². The number of nitro benzene ring substituents is 1. The monoisotopic (exact) mass is 327 g/mol. The Kier molecular flexibility index (Phi) is 4.15. The van der Waals surface area contributed by atoms with Gasteiger partial charge in [0.25, 0.3) is 0 Å². The second kappa shape index (κ2) is 6.41. The number of carbonyl (C=O) groups is 1. The molecule has 0 unspecified atom stereocenters. The number of esters is 1. The van der Waals surface area contributed by atoms with Crippen molar-refractivity contribution >= 4 is 22.6 Å². The summed E-state index contributed by atoms with van der Waals surface area (Å²) in [6.45, 7) is -0.0622. The SMILES string of the molecule is COc1ccc(C(=O)OCc2cc3ccccc3o2)cc1[N+](=O)[O-]. The zero-order valence-corrected chi connectivity index (χ0v) is 12.7. The van der Waals surface area contributed by atoms with Crippen LogP contribution in [0.15, 0.2) is 52.9 Å². The molecule has 0 radical (unpaired) electrons. The normalized spacial score (nSPS) is 10.5. The minimum atomic E-state index is -0.679. The van der Waals surface area contributed by atoms with Crippen LogP contribution in [0, 0.1) is 10.1 Å². The predicted octanol–water partition coefficient (Wildman–Crippen LogP) is 3.71. The quantitative estimate of drug-likeness (QED) is 0.403. The molecule has 7 nitrogen and oxygen atoms in total. The van der Waals surface area contributed by atoms with Gasteiger partial charge in [-0.2, -0.15) is 0 Å². The maximum Gasteiger partial charge on any atom is 0.338 e. The van der Waals surface area contributed by atoms with Crippen LogP contribution >= 0.6 is 0 Å². The second-order valence-electron chi connectivity index (χ2n) is 4.97. The van der Waals surface area contributed by atoms with Gasteiger partial charge in [-0.3, -0.25) is 10.1 Å². The summed E-state index contributed by atoms with van der Waals surface area (Å²) >= 11 is 0. The highest BCUT2D eigenvalue weighted by Crippen LogP contribution is 2.28. The van der Waals surface area contributed by atoms with Crippen molar-refractivity contribution < 1.29 is 23.6 Å². The number of methoxy groups -OCH3 is 1. The van der Waals surface area contributed by atoms with Crippen molar-refractivity contribution in [3.8, 4) is 5.75 Å². The highest BCUT2D eigenvalue weighted by molar-refractivity contribution is 5.90. The van der Waals surface area contributed by atoms with Gasteiger partial charge in [0.1, 0.15) is 18.0 Å². The van der Waals surface area contributed by atoms with Crippen LogP contribution < -0.4 is 4.74 Å². The molecule has 0 fully saturated rings. The predicted molar refractivity (Wildman–Crippen MR) is 85.0 cm³/mol. The summed E-state index contributed by atoms with van der Waals surface area (Å²) in [5.41, 5.74) is 0.470. The van der Waals surface area contributed by atoms with Crippen LogP contribution in [0.5, 0.6) is 5.75 Å². The molecule has 0 saturated heterocycles. The molecule has 0 bridgehead atoms. The van der Waals surface area contributed by atoms with Gasteiger partial charge >= 0.3 is 11.7 Å². The van der Waals surface area contributed by atoms with Gasteiger partial charge in [0.05, 0.1) is 17.6 Å². The number of nitro groups is 1. The lowest BCUT2D eigenvalue weighted by Gasteiger charge is -2.05. The van der Waals surface area contributed by atoms with E-state index in [1.807, 2.05) is 24.3 Å². The highest BCUT2D eigenvalue weighted by Gasteiger charge is 2.19. The maximum atomic E-state index is 12.1. The first-order valence-electron chi connectivity index (χ1n) is 7.05. The Hall–Kier alpha value is -3.35. The van der Waals surface area contributed by atoms with Crippen molar-refractivity contribution in [3.63, 3.8) is 0 Å². The molecule has 0 spiro atoms. The third-order valence-corrected chi connectivity index (χ3v) is 3.43. The zero-order chi connectivity index (χ0) is 17.1. The molecule has 122 valence electrons. The van der Waals surface area contributed by atoms with Gasteiger partial charge in [0, 0.05) is 11.5 Å². The van der Waals surface area contributed by atoms with E-state index in [-0.39, 0.29) is 23.6 Å². The fraction of sp³-hybridized carbons (Fsp3) is 0.118. The Morgan fingerprint density at radius 3 is 2.71 bits per heavy atom. The number of nitrogens with zero attached hydrogens (tertiary/aromatic N) is 1. The van der Waals surface area contributed by atoms with Gasteiger partial charge in [-0.15, -0.1) is 0 Å². The average Bonchev–Trinajstić information content (AvgIpc) is 3.02. The minimum Gasteiger partial charge on any atom is -0.490 e. The van der Waals surface area contributed by atoms with Crippen LogP contribution in [-0.4, -0.2) is 18.0 Å². The Morgan fingerprint density at radius 2 is 2.00 bits per heavy atom. The number of ether oxygens (including phenoxy) is 2. The molecule has 1 heterocycles. The molecular formula is C17H13NO6. The molecule has 0 aliphatic carbocycles. The van der Waals surface area contributed by atoms with E-state index in [0.717, 1.165) is 11.5 Å². The van der Waals surface area contributed by atoms with Crippen LogP contribution in [0.4, 0.5) is 5.69 Å². The number of benzene rings is 2. The molecule has 7 heteroatoms. The molecule has 3 aromatic rings. The lowest BCUT2D eigenvalue weighted by atomic mass is 10.2. The van der Waals surface area contributed by atoms with Gasteiger partial charge in [0.15, 0.2) is 5.75 Å². The summed E-state index contributed by atoms with van der Waals surface area (Å²) in [6, 6.07) is 13.1. The molecule has 0 aliphatic rings. The standard InChI is InChI=1S/C17H13NO6/c1-22-16-7-6-12(9-14(16)18(20)21)17(19)23-10-13-8-11-4-2-3-5-15(11)24-13/h2-9H,10H2,1H3. The fourth-order valence-corrected chi connectivity index (χ4v) is 2.29. The Labute approximate surface area is 136 Å². The number of rotatable bonds is 5. The summed E-state index contributed by atoms with van der Waals surface area (Å²) in [6.07, 6.45) is 0. The maximum absolute atomic E-state index is 12.1. The van der Waals surface area contributed by atoms with E-state index >= 15 is 0 Å². The van der Waals surface area contributed by atoms with E-state index in [9.17, 15) is 14.9 Å². The molecule has 2 aromatic carbocycles. The van der Waals surface area contributed by atoms with Gasteiger partial charge in [-0.05, 0) is 24.3 Å². The van der Waals surface area contributed by atoms with Crippen LogP contribution in [0.25, 0.3) is 11.0 Å². The molecule has 0 atom stereocenters. The summed E-state index contributed by atoms with van der Waals surface area (Å²) in [4.78, 5) is 22.5. The molecule has 0 N–H and O–H groups in total. The van der Waals surface area contributed by atoms with Crippen LogP contribution in [-0.2, 0) is 11.3 Å². The lowest BCUT2D eigenvalue weighted by molar-refractivity contribution is -0.385. The molecule has 3 rings (SSSR count). The Balaban J connectivity index is 1.75. The number of para-hydroxylation sites is 1. The first-order chi connectivity index (χ1) is 11.6. The van der Waals surface area contributed by atoms with Crippen molar-refractivity contribution in [3.05, 3.63) is 70.0 Å². The average molecular weight is 327 g/mol. The topological polar surface area (TPSA) is 91.8 Å². The highest BCUT2D eigenvalue weighted by atomic mass is 16.6. The van der Waals surface area contributed by atoms with E-state index in [2.05, 4.69) is 0 Å². The summed E-state index contributed by atoms with van der Waals surface area (Å²) < 4.78 is 15.6. The zero-order valence-electron chi connectivity index (χ0n) is 12.7. The van der Waals surface area contributed by atoms with E-state index in [1.54, 1.807) is 6.07 Å². The third kappa shape index (κ3) is 3.05. The van der Waals surface area contributed by atoms with Crippen LogP contribution in [0.2, 0.25) is 0 Å². The first kappa shape index (κ1) is 15.5. The summed E-state index contributed by atoms with van der Waals surface area (Å²) in [5, 5.41) is 11.9. The van der Waals surface area contributed by atoms with Crippen molar-refractivity contribution in [1.29, 1.82) is 0 Å². The van der Waals surface area contributed by atoms with Crippen molar-refractivity contribution in [1.82, 2.24) is 0 Å². The van der Waals surface area contributed by atoms with E-state index in [0.29, 0.717) is 11.3 Å². The van der Waals surface area contributed by atoms with Crippen LogP contribution in [0.3, 0.4) is 0 Å². The fourth-order valence-electron chi connectivity index (χ4n) is 2.29. The number of hydrogen-bond acceptors (Lipinski definition) is 6. The molecule has 0 aliphatic heterocycles. The van der Waals surface area contributed by atoms with Crippen molar-refractivity contribution in [2.24, 2.45) is 0 Å². The number of hydrogen-bond donors (Lipinski definition) is 0. The van der Waals surface area contributed by atoms with Crippen molar-refractivity contribution in [2.45, 2.75) is 6.61 Å². The largest absolute Gasteiger partial charge is 0.490 e. The minimum absolute atomic E-state index is 0.0622. The molecular weight excluding hydrogens is 314 g/mol. The van der Waals surface area contributed by atoms with E-state index in [4.69, 9.17) is 13.9 Å². The molecule has 0 amide bonds. The number of furan rings is 1. The summed E-state index contributed by atoms with van der Waals surface area (Å²) in [7, 11) is 1.32. The van der Waals surface area contributed by atoms with Crippen LogP contribution in [0.1, 0.15) is 16.1 Å². The Bertz CT molecular complexity index is 881. The number of fused-ring (bicyclic) bond motifs is 1. The summed E-state index contributed by atoms with van der Waals surface area (Å²) in [5.74, 6) is -0.109. The Morgan fingerprint density at radius 1 is 1.21 bits per heavy atom. The first-order valence-corrected chi connectivity index (χ1v) is 7.05. The molecule has 0 saturated carbocycles. The van der Waals surface area contributed by atoms with E-state index < -0.39 is 10.9 Å². The lowest BCUT2D eigenvalue weighted by Crippen LogP contribution is -2.06. The van der Waals surface area contributed by atoms with Gasteiger partial charge in [0.2, 0.25) is 0 Å². The van der Waals surface area contributed by atoms with Gasteiger partial charge < -0.3 is 13.9 Å².